The summed E-state index contributed by atoms with van der Waals surface area (Å²) in [6.45, 7) is 0.147. The summed E-state index contributed by atoms with van der Waals surface area (Å²) in [4.78, 5) is 19.5. The van der Waals surface area contributed by atoms with Gasteiger partial charge in [0.25, 0.3) is 5.91 Å². The number of rotatable bonds is 4. The third-order valence-electron chi connectivity index (χ3n) is 4.32. The molecule has 5 nitrogen and oxygen atoms in total. The molecule has 1 atom stereocenters. The van der Waals surface area contributed by atoms with Gasteiger partial charge < -0.3 is 15.4 Å². The van der Waals surface area contributed by atoms with Crippen molar-refractivity contribution >= 4 is 27.7 Å². The predicted molar refractivity (Wildman–Crippen MR) is 97.3 cm³/mol. The number of aliphatic hydroxyl groups excluding tert-OH is 1. The number of aromatic amines is 1. The van der Waals surface area contributed by atoms with Crippen LogP contribution < -0.4 is 5.32 Å². The van der Waals surface area contributed by atoms with Gasteiger partial charge in [0.05, 0.1) is 23.5 Å². The lowest BCUT2D eigenvalue weighted by atomic mass is 10.0. The Balaban J connectivity index is 1.50. The lowest BCUT2D eigenvalue weighted by Gasteiger charge is -2.15. The van der Waals surface area contributed by atoms with Gasteiger partial charge in [-0.15, -0.1) is 0 Å². The van der Waals surface area contributed by atoms with E-state index in [0.29, 0.717) is 5.56 Å². The van der Waals surface area contributed by atoms with Crippen LogP contribution in [0.1, 0.15) is 22.0 Å². The molecule has 5 heteroatoms. The first kappa shape index (κ1) is 15.4. The van der Waals surface area contributed by atoms with Gasteiger partial charge in [-0.05, 0) is 34.5 Å². The molecule has 0 aliphatic heterocycles. The normalized spacial score (nSPS) is 12.4. The second kappa shape index (κ2) is 6.37. The third-order valence-corrected chi connectivity index (χ3v) is 4.32. The highest BCUT2D eigenvalue weighted by molar-refractivity contribution is 5.97. The van der Waals surface area contributed by atoms with Crippen molar-refractivity contribution in [1.29, 1.82) is 0 Å². The molecule has 1 heterocycles. The van der Waals surface area contributed by atoms with Crippen LogP contribution in [0.15, 0.2) is 67.0 Å². The average Bonchev–Trinajstić information content (AvgIpc) is 3.13. The van der Waals surface area contributed by atoms with Gasteiger partial charge in [-0.1, -0.05) is 42.5 Å². The Hall–Kier alpha value is -3.18. The van der Waals surface area contributed by atoms with Crippen molar-refractivity contribution in [3.63, 3.8) is 0 Å². The van der Waals surface area contributed by atoms with Crippen molar-refractivity contribution in [3.05, 3.63) is 78.1 Å². The summed E-state index contributed by atoms with van der Waals surface area (Å²) < 4.78 is 0. The minimum Gasteiger partial charge on any atom is -0.387 e. The number of carbonyl (C=O) groups excluding carboxylic acids is 1. The summed E-state index contributed by atoms with van der Waals surface area (Å²) in [6, 6.07) is 19.0. The molecule has 0 bridgehead atoms. The smallest absolute Gasteiger partial charge is 0.251 e. The number of aliphatic hydroxyl groups is 1. The average molecular weight is 331 g/mol. The monoisotopic (exact) mass is 331 g/mol. The molecule has 0 radical (unpaired) electrons. The van der Waals surface area contributed by atoms with E-state index < -0.39 is 6.10 Å². The van der Waals surface area contributed by atoms with E-state index in [4.69, 9.17) is 0 Å². The van der Waals surface area contributed by atoms with Crippen LogP contribution in [0.2, 0.25) is 0 Å². The number of amides is 1. The maximum absolute atomic E-state index is 12.4. The molecule has 0 aliphatic carbocycles. The number of hydrogen-bond donors (Lipinski definition) is 3. The van der Waals surface area contributed by atoms with Crippen molar-refractivity contribution in [2.45, 2.75) is 6.10 Å². The van der Waals surface area contributed by atoms with Gasteiger partial charge in [-0.3, -0.25) is 4.79 Å². The Morgan fingerprint density at radius 3 is 2.88 bits per heavy atom. The van der Waals surface area contributed by atoms with Crippen LogP contribution in [-0.2, 0) is 0 Å². The van der Waals surface area contributed by atoms with E-state index in [1.54, 1.807) is 24.5 Å². The lowest BCUT2D eigenvalue weighted by Crippen LogP contribution is -2.28. The zero-order valence-corrected chi connectivity index (χ0v) is 13.4. The molecule has 3 aromatic carbocycles. The van der Waals surface area contributed by atoms with Gasteiger partial charge in [0.2, 0.25) is 0 Å². The van der Waals surface area contributed by atoms with E-state index in [2.05, 4.69) is 15.3 Å². The second-order valence-corrected chi connectivity index (χ2v) is 5.93. The minimum absolute atomic E-state index is 0.147. The van der Waals surface area contributed by atoms with Gasteiger partial charge in [-0.25, -0.2) is 4.98 Å². The summed E-state index contributed by atoms with van der Waals surface area (Å²) in [5.74, 6) is -0.226. The molecule has 3 N–H and O–H groups in total. The molecule has 4 rings (SSSR count). The van der Waals surface area contributed by atoms with Crippen LogP contribution >= 0.6 is 0 Å². The Morgan fingerprint density at radius 1 is 1.12 bits per heavy atom. The van der Waals surface area contributed by atoms with Gasteiger partial charge in [0.15, 0.2) is 0 Å². The fourth-order valence-electron chi connectivity index (χ4n) is 3.02. The van der Waals surface area contributed by atoms with E-state index >= 15 is 0 Å². The third kappa shape index (κ3) is 2.97. The molecule has 1 amide bonds. The Labute approximate surface area is 144 Å². The van der Waals surface area contributed by atoms with Gasteiger partial charge in [-0.2, -0.15) is 0 Å². The van der Waals surface area contributed by atoms with E-state index in [1.165, 1.54) is 0 Å². The highest BCUT2D eigenvalue weighted by atomic mass is 16.3. The van der Waals surface area contributed by atoms with E-state index in [1.807, 2.05) is 42.5 Å². The number of nitrogens with zero attached hydrogens (tertiary/aromatic N) is 1. The van der Waals surface area contributed by atoms with Crippen molar-refractivity contribution in [2.75, 3.05) is 6.54 Å². The van der Waals surface area contributed by atoms with Crippen LogP contribution in [0, 0.1) is 0 Å². The van der Waals surface area contributed by atoms with E-state index in [9.17, 15) is 9.90 Å². The standard InChI is InChI=1S/C20H17N3O2/c24-19(16-7-3-5-13-4-1-2-6-15(13)16)11-21-20(25)14-8-9-17-18(10-14)23-12-22-17/h1-10,12,19,24H,11H2,(H,21,25)(H,22,23). The summed E-state index contributed by atoms with van der Waals surface area (Å²) in [7, 11) is 0. The van der Waals surface area contributed by atoms with Gasteiger partial charge in [0, 0.05) is 12.1 Å². The first-order chi connectivity index (χ1) is 12.2. The molecule has 0 saturated carbocycles. The number of H-pyrrole nitrogens is 1. The number of benzene rings is 3. The van der Waals surface area contributed by atoms with Crippen LogP contribution in [0.3, 0.4) is 0 Å². The summed E-state index contributed by atoms with van der Waals surface area (Å²) >= 11 is 0. The number of carbonyl (C=O) groups is 1. The SMILES string of the molecule is O=C(NCC(O)c1cccc2ccccc12)c1ccc2nc[nH]c2c1. The molecule has 1 unspecified atom stereocenters. The zero-order chi connectivity index (χ0) is 17.2. The number of fused-ring (bicyclic) bond motifs is 2. The number of imidazole rings is 1. The van der Waals surface area contributed by atoms with Crippen LogP contribution in [0.5, 0.6) is 0 Å². The maximum Gasteiger partial charge on any atom is 0.251 e. The van der Waals surface area contributed by atoms with Crippen LogP contribution in [0.25, 0.3) is 21.8 Å². The maximum atomic E-state index is 12.4. The van der Waals surface area contributed by atoms with Crippen LogP contribution in [-0.4, -0.2) is 27.5 Å². The number of hydrogen-bond acceptors (Lipinski definition) is 3. The van der Waals surface area contributed by atoms with E-state index in [0.717, 1.165) is 27.4 Å². The van der Waals surface area contributed by atoms with Crippen LogP contribution in [0.4, 0.5) is 0 Å². The first-order valence-electron chi connectivity index (χ1n) is 8.09. The minimum atomic E-state index is -0.772. The van der Waals surface area contributed by atoms with Crippen molar-refractivity contribution in [2.24, 2.45) is 0 Å². The van der Waals surface area contributed by atoms with Crippen molar-refractivity contribution < 1.29 is 9.90 Å². The molecular formula is C20H17N3O2. The molecule has 4 aromatic rings. The molecule has 124 valence electrons. The van der Waals surface area contributed by atoms with E-state index in [-0.39, 0.29) is 12.5 Å². The predicted octanol–water partition coefficient (Wildman–Crippen LogP) is 3.18. The highest BCUT2D eigenvalue weighted by Crippen LogP contribution is 2.24. The van der Waals surface area contributed by atoms with Gasteiger partial charge in [0.1, 0.15) is 0 Å². The molecule has 0 spiro atoms. The highest BCUT2D eigenvalue weighted by Gasteiger charge is 2.13. The Morgan fingerprint density at radius 2 is 1.96 bits per heavy atom. The molecule has 0 fully saturated rings. The Kier molecular flexibility index (Phi) is 3.91. The van der Waals surface area contributed by atoms with Crippen molar-refractivity contribution in [1.82, 2.24) is 15.3 Å². The summed E-state index contributed by atoms with van der Waals surface area (Å²) in [6.07, 6.45) is 0.822. The molecule has 0 saturated heterocycles. The Bertz CT molecular complexity index is 1050. The largest absolute Gasteiger partial charge is 0.387 e. The quantitative estimate of drug-likeness (QED) is 0.537. The first-order valence-corrected chi connectivity index (χ1v) is 8.09. The number of aromatic nitrogens is 2. The summed E-state index contributed by atoms with van der Waals surface area (Å²) in [5.41, 5.74) is 2.96. The fourth-order valence-corrected chi connectivity index (χ4v) is 3.02. The topological polar surface area (TPSA) is 78.0 Å². The second-order valence-electron chi connectivity index (χ2n) is 5.93. The number of nitrogens with one attached hydrogen (secondary N) is 2. The van der Waals surface area contributed by atoms with Crippen molar-refractivity contribution in [3.8, 4) is 0 Å². The lowest BCUT2D eigenvalue weighted by molar-refractivity contribution is 0.0917. The van der Waals surface area contributed by atoms with Gasteiger partial charge >= 0.3 is 0 Å². The molecule has 1 aromatic heterocycles. The fraction of sp³-hybridized carbons (Fsp3) is 0.100. The molecule has 0 aliphatic rings. The summed E-state index contributed by atoms with van der Waals surface area (Å²) in [5, 5.41) is 15.4. The molecular weight excluding hydrogens is 314 g/mol. The molecule has 25 heavy (non-hydrogen) atoms. The zero-order valence-electron chi connectivity index (χ0n) is 13.4.